The zero-order valence-corrected chi connectivity index (χ0v) is 23.8. The summed E-state index contributed by atoms with van der Waals surface area (Å²) >= 11 is 0. The fourth-order valence-corrected chi connectivity index (χ4v) is 5.38. The largest absolute Gasteiger partial charge is 0.493 e. The lowest BCUT2D eigenvalue weighted by Gasteiger charge is -2.28. The second-order valence-electron chi connectivity index (χ2n) is 11.2. The normalized spacial score (nSPS) is 14.2. The van der Waals surface area contributed by atoms with Crippen LogP contribution in [0.3, 0.4) is 0 Å². The zero-order valence-electron chi connectivity index (χ0n) is 23.8. The number of benzene rings is 2. The third-order valence-corrected chi connectivity index (χ3v) is 7.24. The van der Waals surface area contributed by atoms with Crippen molar-refractivity contribution in [3.63, 3.8) is 0 Å². The van der Waals surface area contributed by atoms with E-state index in [-0.39, 0.29) is 17.8 Å². The van der Waals surface area contributed by atoms with Crippen molar-refractivity contribution in [2.24, 2.45) is 0 Å². The van der Waals surface area contributed by atoms with Crippen LogP contribution in [-0.4, -0.2) is 62.1 Å². The number of hydrogen-bond acceptors (Lipinski definition) is 6. The number of hydrogen-bond donors (Lipinski definition) is 0. The van der Waals surface area contributed by atoms with Gasteiger partial charge in [0, 0.05) is 38.0 Å². The molecule has 2 aliphatic heterocycles. The SMILES string of the molecule is COc1cccc(CCN(CCCCC(=O)c2cc3c4c(c2)CCN4C(=O)CC3)C(=O)OC(C)(C)C)c1OC. The van der Waals surface area contributed by atoms with E-state index in [0.29, 0.717) is 69.7 Å². The Morgan fingerprint density at radius 2 is 1.72 bits per heavy atom. The Bertz CT molecular complexity index is 1230. The van der Waals surface area contributed by atoms with Crippen molar-refractivity contribution in [2.75, 3.05) is 38.8 Å². The van der Waals surface area contributed by atoms with Crippen molar-refractivity contribution in [1.29, 1.82) is 0 Å². The lowest BCUT2D eigenvalue weighted by atomic mass is 9.94. The molecule has 39 heavy (non-hydrogen) atoms. The Morgan fingerprint density at radius 3 is 2.41 bits per heavy atom. The van der Waals surface area contributed by atoms with Crippen LogP contribution in [0.4, 0.5) is 10.5 Å². The minimum atomic E-state index is -0.604. The van der Waals surface area contributed by atoms with Crippen LogP contribution in [0.1, 0.15) is 73.5 Å². The Labute approximate surface area is 231 Å². The van der Waals surface area contributed by atoms with E-state index in [9.17, 15) is 14.4 Å². The number of rotatable bonds is 11. The molecule has 0 radical (unpaired) electrons. The fourth-order valence-electron chi connectivity index (χ4n) is 5.38. The smallest absolute Gasteiger partial charge is 0.410 e. The molecular formula is C31H40N2O6. The molecule has 0 bridgehead atoms. The van der Waals surface area contributed by atoms with Crippen molar-refractivity contribution in [1.82, 2.24) is 4.90 Å². The summed E-state index contributed by atoms with van der Waals surface area (Å²) in [6.45, 7) is 7.21. The van der Waals surface area contributed by atoms with E-state index in [1.807, 2.05) is 56.0 Å². The maximum absolute atomic E-state index is 13.1. The van der Waals surface area contributed by atoms with Crippen molar-refractivity contribution >= 4 is 23.5 Å². The third-order valence-electron chi connectivity index (χ3n) is 7.24. The number of aryl methyl sites for hydroxylation is 1. The van der Waals surface area contributed by atoms with Gasteiger partial charge in [0.25, 0.3) is 0 Å². The Kier molecular flexibility index (Phi) is 8.83. The monoisotopic (exact) mass is 536 g/mol. The third kappa shape index (κ3) is 6.72. The molecule has 210 valence electrons. The molecule has 0 saturated carbocycles. The molecule has 2 aromatic rings. The molecule has 2 heterocycles. The molecule has 8 heteroatoms. The topological polar surface area (TPSA) is 85.4 Å². The van der Waals surface area contributed by atoms with Crippen LogP contribution in [0.2, 0.25) is 0 Å². The molecular weight excluding hydrogens is 496 g/mol. The van der Waals surface area contributed by atoms with Crippen molar-refractivity contribution in [3.05, 3.63) is 52.6 Å². The van der Waals surface area contributed by atoms with Crippen LogP contribution in [0.15, 0.2) is 30.3 Å². The second kappa shape index (κ2) is 12.1. The molecule has 4 rings (SSSR count). The number of methoxy groups -OCH3 is 2. The molecule has 2 amide bonds. The van der Waals surface area contributed by atoms with Crippen molar-refractivity contribution in [3.8, 4) is 11.5 Å². The molecule has 0 fully saturated rings. The van der Waals surface area contributed by atoms with E-state index in [4.69, 9.17) is 14.2 Å². The molecule has 2 aromatic carbocycles. The lowest BCUT2D eigenvalue weighted by Crippen LogP contribution is -2.38. The minimum Gasteiger partial charge on any atom is -0.493 e. The van der Waals surface area contributed by atoms with E-state index in [2.05, 4.69) is 0 Å². The summed E-state index contributed by atoms with van der Waals surface area (Å²) in [5, 5.41) is 0. The quantitative estimate of drug-likeness (QED) is 0.284. The van der Waals surface area contributed by atoms with Crippen LogP contribution >= 0.6 is 0 Å². The van der Waals surface area contributed by atoms with Crippen molar-refractivity contribution in [2.45, 2.75) is 71.3 Å². The van der Waals surface area contributed by atoms with Gasteiger partial charge in [0.05, 0.1) is 19.9 Å². The zero-order chi connectivity index (χ0) is 28.2. The molecule has 0 N–H and O–H groups in total. The first-order chi connectivity index (χ1) is 18.6. The second-order valence-corrected chi connectivity index (χ2v) is 11.2. The van der Waals surface area contributed by atoms with Gasteiger partial charge in [-0.1, -0.05) is 12.1 Å². The van der Waals surface area contributed by atoms with E-state index >= 15 is 0 Å². The van der Waals surface area contributed by atoms with Gasteiger partial charge < -0.3 is 24.0 Å². The van der Waals surface area contributed by atoms with Gasteiger partial charge in [-0.3, -0.25) is 9.59 Å². The Hall–Kier alpha value is -3.55. The first kappa shape index (κ1) is 28.5. The molecule has 0 unspecified atom stereocenters. The summed E-state index contributed by atoms with van der Waals surface area (Å²) in [6, 6.07) is 9.65. The first-order valence-corrected chi connectivity index (χ1v) is 13.8. The molecule has 8 nitrogen and oxygen atoms in total. The highest BCUT2D eigenvalue weighted by Gasteiger charge is 2.32. The minimum absolute atomic E-state index is 0.106. The number of nitrogens with zero attached hydrogens (tertiary/aromatic N) is 2. The number of unbranched alkanes of at least 4 members (excludes halogenated alkanes) is 1. The number of Topliss-reactive ketones (excluding diaryl/α,β-unsaturated/α-hetero) is 1. The molecule has 0 atom stereocenters. The molecule has 0 saturated heterocycles. The van der Waals surface area contributed by atoms with E-state index in [1.165, 1.54) is 0 Å². The standard InChI is InChI=1S/C31H40N2O6/c1-31(2,3)39-30(36)32(17-14-21-9-8-11-26(37-4)29(21)38-5)16-7-6-10-25(34)24-19-22-12-13-27(35)33-18-15-23(20-24)28(22)33/h8-9,11,19-20H,6-7,10,12-18H2,1-5H3. The van der Waals surface area contributed by atoms with E-state index in [0.717, 1.165) is 34.4 Å². The van der Waals surface area contributed by atoms with Gasteiger partial charge in [-0.2, -0.15) is 0 Å². The number of carbonyl (C=O) groups excluding carboxylic acids is 3. The van der Waals surface area contributed by atoms with Gasteiger partial charge in [0.2, 0.25) is 5.91 Å². The van der Waals surface area contributed by atoms with Gasteiger partial charge in [0.15, 0.2) is 17.3 Å². The van der Waals surface area contributed by atoms with Crippen LogP contribution in [0, 0.1) is 0 Å². The number of carbonyl (C=O) groups is 3. The highest BCUT2D eigenvalue weighted by molar-refractivity contribution is 6.02. The van der Waals surface area contributed by atoms with Gasteiger partial charge >= 0.3 is 6.09 Å². The number of para-hydroxylation sites is 1. The van der Waals surface area contributed by atoms with Gasteiger partial charge in [0.1, 0.15) is 5.60 Å². The number of ether oxygens (including phenoxy) is 3. The maximum atomic E-state index is 13.1. The van der Waals surface area contributed by atoms with Crippen molar-refractivity contribution < 1.29 is 28.6 Å². The van der Waals surface area contributed by atoms with Crippen LogP contribution < -0.4 is 14.4 Å². The number of amides is 2. The average molecular weight is 537 g/mol. The van der Waals surface area contributed by atoms with Gasteiger partial charge in [-0.15, -0.1) is 0 Å². The summed E-state index contributed by atoms with van der Waals surface area (Å²) in [5.41, 5.74) is 4.32. The number of ketones is 1. The Balaban J connectivity index is 1.36. The molecule has 0 spiro atoms. The maximum Gasteiger partial charge on any atom is 0.410 e. The fraction of sp³-hybridized carbons (Fsp3) is 0.516. The molecule has 0 aromatic heterocycles. The van der Waals surface area contributed by atoms with Gasteiger partial charge in [-0.05, 0) is 87.8 Å². The van der Waals surface area contributed by atoms with Gasteiger partial charge in [-0.25, -0.2) is 4.79 Å². The summed E-state index contributed by atoms with van der Waals surface area (Å²) in [4.78, 5) is 41.8. The molecule has 2 aliphatic rings. The summed E-state index contributed by atoms with van der Waals surface area (Å²) in [6.07, 6.45) is 3.97. The summed E-state index contributed by atoms with van der Waals surface area (Å²) < 4.78 is 16.6. The van der Waals surface area contributed by atoms with E-state index in [1.54, 1.807) is 19.1 Å². The van der Waals surface area contributed by atoms with Crippen LogP contribution in [0.25, 0.3) is 0 Å². The summed E-state index contributed by atoms with van der Waals surface area (Å²) in [7, 11) is 3.21. The molecule has 0 aliphatic carbocycles. The number of anilines is 1. The first-order valence-electron chi connectivity index (χ1n) is 13.8. The predicted molar refractivity (Wildman–Crippen MR) is 150 cm³/mol. The predicted octanol–water partition coefficient (Wildman–Crippen LogP) is 5.37. The van der Waals surface area contributed by atoms with Crippen LogP contribution in [-0.2, 0) is 28.8 Å². The Morgan fingerprint density at radius 1 is 0.974 bits per heavy atom. The highest BCUT2D eigenvalue weighted by atomic mass is 16.6. The highest BCUT2D eigenvalue weighted by Crippen LogP contribution is 2.38. The average Bonchev–Trinajstić information content (AvgIpc) is 3.34. The lowest BCUT2D eigenvalue weighted by molar-refractivity contribution is -0.118. The van der Waals surface area contributed by atoms with Crippen LogP contribution in [0.5, 0.6) is 11.5 Å². The van der Waals surface area contributed by atoms with E-state index < -0.39 is 5.60 Å². The summed E-state index contributed by atoms with van der Waals surface area (Å²) in [5.74, 6) is 1.60.